The molecule has 0 saturated heterocycles. The molecule has 6 heterocycles. The molecule has 0 aromatic carbocycles. The molecule has 0 fully saturated rings. The van der Waals surface area contributed by atoms with E-state index in [0.717, 1.165) is 62.4 Å². The highest BCUT2D eigenvalue weighted by Crippen LogP contribution is 2.35. The van der Waals surface area contributed by atoms with Gasteiger partial charge in [-0.25, -0.2) is 4.98 Å². The van der Waals surface area contributed by atoms with Gasteiger partial charge in [0, 0.05) is 40.3 Å². The molecule has 174 valence electrons. The summed E-state index contributed by atoms with van der Waals surface area (Å²) in [5.74, 6) is 0.725. The third kappa shape index (κ3) is 4.16. The number of nitrogens with one attached hydrogen (secondary N) is 2. The maximum absolute atomic E-state index is 5.86. The number of likely N-dealkylation sites (N-methyl/N-ethyl adjacent to an activating group) is 1. The van der Waals surface area contributed by atoms with Crippen molar-refractivity contribution in [2.45, 2.75) is 0 Å². The minimum atomic E-state index is 0.596. The van der Waals surface area contributed by atoms with Gasteiger partial charge in [-0.05, 0) is 49.8 Å². The molecule has 2 N–H and O–H groups in total. The van der Waals surface area contributed by atoms with Gasteiger partial charge in [0.15, 0.2) is 0 Å². The van der Waals surface area contributed by atoms with Gasteiger partial charge in [0.2, 0.25) is 0 Å². The average Bonchev–Trinajstić information content (AvgIpc) is 3.62. The highest BCUT2D eigenvalue weighted by atomic mass is 32.1. The van der Waals surface area contributed by atoms with E-state index in [4.69, 9.17) is 9.72 Å². The van der Waals surface area contributed by atoms with Crippen molar-refractivity contribution in [2.75, 3.05) is 27.2 Å². The van der Waals surface area contributed by atoms with Crippen molar-refractivity contribution in [3.05, 3.63) is 66.6 Å². The van der Waals surface area contributed by atoms with E-state index in [1.807, 2.05) is 44.7 Å². The SMILES string of the molecule is CN(C)CCOc1cncc(-c2ccc3[nH]nc(-c4cc5c(-c6cccs6)cncc5[nH]4)c3n2)c1. The van der Waals surface area contributed by atoms with E-state index in [9.17, 15) is 0 Å². The summed E-state index contributed by atoms with van der Waals surface area (Å²) in [6, 6.07) is 12.2. The van der Waals surface area contributed by atoms with Crippen molar-refractivity contribution in [3.8, 4) is 38.8 Å². The molecule has 0 amide bonds. The normalized spacial score (nSPS) is 11.6. The lowest BCUT2D eigenvalue weighted by Crippen LogP contribution is -2.19. The predicted molar refractivity (Wildman–Crippen MR) is 140 cm³/mol. The Morgan fingerprint density at radius 3 is 2.77 bits per heavy atom. The number of ether oxygens (including phenoxy) is 1. The molecule has 6 aromatic rings. The molecule has 9 heteroatoms. The zero-order valence-corrected chi connectivity index (χ0v) is 20.1. The van der Waals surface area contributed by atoms with Crippen LogP contribution in [0.25, 0.3) is 55.0 Å². The first kappa shape index (κ1) is 21.5. The lowest BCUT2D eigenvalue weighted by molar-refractivity contribution is 0.261. The number of hydrogen-bond acceptors (Lipinski definition) is 7. The molecule has 0 unspecified atom stereocenters. The van der Waals surface area contributed by atoms with Crippen molar-refractivity contribution in [2.24, 2.45) is 0 Å². The smallest absolute Gasteiger partial charge is 0.138 e. The summed E-state index contributed by atoms with van der Waals surface area (Å²) in [4.78, 5) is 20.5. The monoisotopic (exact) mass is 481 g/mol. The maximum Gasteiger partial charge on any atom is 0.138 e. The van der Waals surface area contributed by atoms with Crippen molar-refractivity contribution >= 4 is 33.3 Å². The Morgan fingerprint density at radius 2 is 1.91 bits per heavy atom. The van der Waals surface area contributed by atoms with Gasteiger partial charge in [-0.3, -0.25) is 15.1 Å². The second-order valence-electron chi connectivity index (χ2n) is 8.53. The Bertz CT molecular complexity index is 1620. The molecule has 6 rings (SSSR count). The molecule has 35 heavy (non-hydrogen) atoms. The molecule has 0 spiro atoms. The fourth-order valence-corrected chi connectivity index (χ4v) is 4.79. The second kappa shape index (κ2) is 8.94. The van der Waals surface area contributed by atoms with Crippen molar-refractivity contribution in [1.82, 2.24) is 35.0 Å². The molecular formula is C26H23N7OS. The van der Waals surface area contributed by atoms with Gasteiger partial charge in [0.25, 0.3) is 0 Å². The number of fused-ring (bicyclic) bond motifs is 2. The van der Waals surface area contributed by atoms with Crippen LogP contribution in [0, 0.1) is 0 Å². The Labute approximate surface area is 205 Å². The van der Waals surface area contributed by atoms with Gasteiger partial charge in [-0.2, -0.15) is 5.10 Å². The number of aromatic amines is 2. The van der Waals surface area contributed by atoms with Crippen LogP contribution in [0.4, 0.5) is 0 Å². The van der Waals surface area contributed by atoms with Crippen LogP contribution in [-0.4, -0.2) is 62.3 Å². The van der Waals surface area contributed by atoms with Crippen LogP contribution in [0.5, 0.6) is 5.75 Å². The number of hydrogen-bond donors (Lipinski definition) is 2. The highest BCUT2D eigenvalue weighted by molar-refractivity contribution is 7.13. The van der Waals surface area contributed by atoms with Crippen molar-refractivity contribution in [1.29, 1.82) is 0 Å². The first-order chi connectivity index (χ1) is 17.2. The van der Waals surface area contributed by atoms with Gasteiger partial charge in [0.05, 0.1) is 34.8 Å². The fourth-order valence-electron chi connectivity index (χ4n) is 4.04. The highest BCUT2D eigenvalue weighted by Gasteiger charge is 2.16. The molecule has 6 aromatic heterocycles. The van der Waals surface area contributed by atoms with Gasteiger partial charge in [-0.1, -0.05) is 6.07 Å². The second-order valence-corrected chi connectivity index (χ2v) is 9.48. The van der Waals surface area contributed by atoms with Gasteiger partial charge < -0.3 is 14.6 Å². The van der Waals surface area contributed by atoms with Crippen LogP contribution in [0.2, 0.25) is 0 Å². The number of pyridine rings is 3. The Hall–Kier alpha value is -4.08. The maximum atomic E-state index is 5.86. The fraction of sp³-hybridized carbons (Fsp3) is 0.154. The molecule has 8 nitrogen and oxygen atoms in total. The van der Waals surface area contributed by atoms with Crippen LogP contribution in [-0.2, 0) is 0 Å². The minimum absolute atomic E-state index is 0.596. The van der Waals surface area contributed by atoms with E-state index in [1.54, 1.807) is 23.7 Å². The number of H-pyrrole nitrogens is 2. The third-order valence-corrected chi connectivity index (χ3v) is 6.71. The van der Waals surface area contributed by atoms with E-state index in [0.29, 0.717) is 6.61 Å². The quantitative estimate of drug-likeness (QED) is 0.324. The summed E-state index contributed by atoms with van der Waals surface area (Å²) in [5.41, 5.74) is 7.08. The largest absolute Gasteiger partial charge is 0.491 e. The molecule has 0 bridgehead atoms. The average molecular weight is 482 g/mol. The predicted octanol–water partition coefficient (Wildman–Crippen LogP) is 5.23. The molecule has 0 radical (unpaired) electrons. The Balaban J connectivity index is 1.38. The Kier molecular flexibility index (Phi) is 5.48. The van der Waals surface area contributed by atoms with E-state index in [-0.39, 0.29) is 0 Å². The Morgan fingerprint density at radius 1 is 1.00 bits per heavy atom. The molecule has 0 atom stereocenters. The summed E-state index contributed by atoms with van der Waals surface area (Å²) < 4.78 is 5.86. The first-order valence-electron chi connectivity index (χ1n) is 11.2. The van der Waals surface area contributed by atoms with Crippen molar-refractivity contribution < 1.29 is 4.74 Å². The lowest BCUT2D eigenvalue weighted by Gasteiger charge is -2.11. The topological polar surface area (TPSA) is 95.6 Å². The summed E-state index contributed by atoms with van der Waals surface area (Å²) in [7, 11) is 4.04. The summed E-state index contributed by atoms with van der Waals surface area (Å²) >= 11 is 1.70. The molecule has 0 aliphatic rings. The molecular weight excluding hydrogens is 458 g/mol. The van der Waals surface area contributed by atoms with Crippen LogP contribution in [0.15, 0.2) is 66.6 Å². The summed E-state index contributed by atoms with van der Waals surface area (Å²) in [6.45, 7) is 1.43. The van der Waals surface area contributed by atoms with Crippen molar-refractivity contribution in [3.63, 3.8) is 0 Å². The standard InChI is InChI=1S/C26H23N7OS/c1-33(2)7-8-34-17-10-16(12-27-13-17)20-5-6-21-25(30-20)26(32-31-21)22-11-18-19(24-4-3-9-35-24)14-28-15-23(18)29-22/h3-6,9-15,29H,7-8H2,1-2H3,(H,31,32). The molecule has 0 saturated carbocycles. The zero-order valence-electron chi connectivity index (χ0n) is 19.3. The summed E-state index contributed by atoms with van der Waals surface area (Å²) in [5, 5.41) is 10.9. The number of thiophene rings is 1. The first-order valence-corrected chi connectivity index (χ1v) is 12.1. The van der Waals surface area contributed by atoms with Gasteiger partial charge in [-0.15, -0.1) is 11.3 Å². The van der Waals surface area contributed by atoms with Crippen LogP contribution >= 0.6 is 11.3 Å². The lowest BCUT2D eigenvalue weighted by atomic mass is 10.1. The number of aromatic nitrogens is 6. The molecule has 0 aliphatic heterocycles. The van der Waals surface area contributed by atoms with E-state index in [1.165, 1.54) is 4.88 Å². The van der Waals surface area contributed by atoms with Crippen LogP contribution in [0.1, 0.15) is 0 Å². The number of rotatable bonds is 7. The van der Waals surface area contributed by atoms with Gasteiger partial charge >= 0.3 is 0 Å². The number of nitrogens with zero attached hydrogens (tertiary/aromatic N) is 5. The van der Waals surface area contributed by atoms with E-state index < -0.39 is 0 Å². The van der Waals surface area contributed by atoms with Crippen LogP contribution in [0.3, 0.4) is 0 Å². The molecule has 0 aliphatic carbocycles. The minimum Gasteiger partial charge on any atom is -0.491 e. The summed E-state index contributed by atoms with van der Waals surface area (Å²) in [6.07, 6.45) is 7.28. The van der Waals surface area contributed by atoms with E-state index in [2.05, 4.69) is 53.6 Å². The zero-order chi connectivity index (χ0) is 23.8. The third-order valence-electron chi connectivity index (χ3n) is 5.81. The van der Waals surface area contributed by atoms with E-state index >= 15 is 0 Å². The van der Waals surface area contributed by atoms with Gasteiger partial charge in [0.1, 0.15) is 23.6 Å². The van der Waals surface area contributed by atoms with Crippen LogP contribution < -0.4 is 4.74 Å².